The first-order valence-electron chi connectivity index (χ1n) is 3.77. The van der Waals surface area contributed by atoms with Crippen LogP contribution >= 0.6 is 0 Å². The molecule has 1 rings (SSSR count). The number of hydrogen-bond acceptors (Lipinski definition) is 1. The van der Waals surface area contributed by atoms with Crippen molar-refractivity contribution in [1.29, 1.82) is 0 Å². The molecule has 0 bridgehead atoms. The van der Waals surface area contributed by atoms with Crippen LogP contribution in [0.4, 0.5) is 0 Å². The van der Waals surface area contributed by atoms with Gasteiger partial charge in [0, 0.05) is 13.1 Å². The Kier molecular flexibility index (Phi) is 2.46. The first kappa shape index (κ1) is 7.76. The summed E-state index contributed by atoms with van der Waals surface area (Å²) < 4.78 is 0. The van der Waals surface area contributed by atoms with Crippen LogP contribution in [0, 0.1) is 0 Å². The Labute approximate surface area is 63.8 Å². The van der Waals surface area contributed by atoms with E-state index in [4.69, 9.17) is 0 Å². The van der Waals surface area contributed by atoms with Gasteiger partial charge in [0.15, 0.2) is 0 Å². The number of rotatable bonds is 0. The Balaban J connectivity index is 2.63. The SMILES string of the molecule is C[Si]1(C)/C=C\CNC/C=C\1. The van der Waals surface area contributed by atoms with Gasteiger partial charge in [0.1, 0.15) is 0 Å². The molecule has 0 aromatic rings. The molecule has 0 atom stereocenters. The van der Waals surface area contributed by atoms with Crippen LogP contribution < -0.4 is 5.32 Å². The maximum absolute atomic E-state index is 3.27. The maximum atomic E-state index is 3.27. The first-order chi connectivity index (χ1) is 4.71. The summed E-state index contributed by atoms with van der Waals surface area (Å²) in [5, 5.41) is 3.27. The van der Waals surface area contributed by atoms with Crippen molar-refractivity contribution >= 4 is 8.07 Å². The summed E-state index contributed by atoms with van der Waals surface area (Å²) in [6.07, 6.45) is 4.49. The smallest absolute Gasteiger partial charge is 0.0948 e. The molecular formula is C8H15NSi. The minimum atomic E-state index is -1.07. The van der Waals surface area contributed by atoms with Crippen LogP contribution in [0.15, 0.2) is 23.6 Å². The Morgan fingerprint density at radius 3 is 2.10 bits per heavy atom. The lowest BCUT2D eigenvalue weighted by atomic mass is 10.5. The van der Waals surface area contributed by atoms with E-state index in [1.54, 1.807) is 0 Å². The summed E-state index contributed by atoms with van der Waals surface area (Å²) in [6, 6.07) is 0. The van der Waals surface area contributed by atoms with Gasteiger partial charge in [-0.15, -0.1) is 0 Å². The summed E-state index contributed by atoms with van der Waals surface area (Å²) in [6.45, 7) is 6.76. The highest BCUT2D eigenvalue weighted by atomic mass is 28.3. The summed E-state index contributed by atoms with van der Waals surface area (Å²) in [5.74, 6) is 0. The van der Waals surface area contributed by atoms with E-state index in [1.807, 2.05) is 0 Å². The second kappa shape index (κ2) is 3.17. The van der Waals surface area contributed by atoms with Crippen molar-refractivity contribution in [3.05, 3.63) is 23.6 Å². The predicted molar refractivity (Wildman–Crippen MR) is 48.6 cm³/mol. The van der Waals surface area contributed by atoms with Gasteiger partial charge in [0.05, 0.1) is 8.07 Å². The third-order valence-electron chi connectivity index (χ3n) is 1.62. The zero-order valence-corrected chi connectivity index (χ0v) is 7.72. The van der Waals surface area contributed by atoms with Crippen LogP contribution in [0.2, 0.25) is 13.1 Å². The second-order valence-electron chi connectivity index (χ2n) is 3.28. The van der Waals surface area contributed by atoms with Crippen LogP contribution in [0.5, 0.6) is 0 Å². The Hall–Kier alpha value is -0.343. The van der Waals surface area contributed by atoms with Crippen LogP contribution in [0.3, 0.4) is 0 Å². The molecule has 0 spiro atoms. The van der Waals surface area contributed by atoms with Crippen LogP contribution in [-0.4, -0.2) is 21.2 Å². The van der Waals surface area contributed by atoms with Crippen molar-refractivity contribution in [2.45, 2.75) is 13.1 Å². The average molecular weight is 153 g/mol. The molecular weight excluding hydrogens is 138 g/mol. The van der Waals surface area contributed by atoms with Crippen molar-refractivity contribution < 1.29 is 0 Å². The zero-order chi connectivity index (χ0) is 7.45. The number of nitrogens with one attached hydrogen (secondary N) is 1. The van der Waals surface area contributed by atoms with Crippen molar-refractivity contribution in [3.63, 3.8) is 0 Å². The molecule has 0 amide bonds. The molecule has 10 heavy (non-hydrogen) atoms. The van der Waals surface area contributed by atoms with E-state index in [2.05, 4.69) is 42.0 Å². The van der Waals surface area contributed by atoms with Gasteiger partial charge in [-0.2, -0.15) is 0 Å². The maximum Gasteiger partial charge on any atom is 0.0948 e. The lowest BCUT2D eigenvalue weighted by Crippen LogP contribution is -2.24. The molecule has 1 aliphatic heterocycles. The van der Waals surface area contributed by atoms with Gasteiger partial charge in [-0.05, 0) is 0 Å². The van der Waals surface area contributed by atoms with Crippen molar-refractivity contribution in [3.8, 4) is 0 Å². The fourth-order valence-electron chi connectivity index (χ4n) is 1.03. The topological polar surface area (TPSA) is 12.0 Å². The van der Waals surface area contributed by atoms with E-state index in [-0.39, 0.29) is 0 Å². The molecule has 0 radical (unpaired) electrons. The van der Waals surface area contributed by atoms with Crippen LogP contribution in [-0.2, 0) is 0 Å². The molecule has 0 aromatic heterocycles. The fourth-order valence-corrected chi connectivity index (χ4v) is 2.59. The van der Waals surface area contributed by atoms with Gasteiger partial charge >= 0.3 is 0 Å². The quantitative estimate of drug-likeness (QED) is 0.520. The summed E-state index contributed by atoms with van der Waals surface area (Å²) in [5.41, 5.74) is 4.74. The van der Waals surface area contributed by atoms with E-state index >= 15 is 0 Å². The third kappa shape index (κ3) is 2.50. The van der Waals surface area contributed by atoms with Crippen LogP contribution in [0.1, 0.15) is 0 Å². The molecule has 0 fully saturated rings. The minimum absolute atomic E-state index is 1.03. The molecule has 1 heterocycles. The van der Waals surface area contributed by atoms with E-state index in [0.717, 1.165) is 13.1 Å². The van der Waals surface area contributed by atoms with Gasteiger partial charge in [-0.3, -0.25) is 0 Å². The standard InChI is InChI=1S/C8H15NSi/c1-10(2)7-3-5-9-6-4-8-10/h3-4,7-9H,5-6H2,1-2H3/b7-3-,8-4-. The zero-order valence-electron chi connectivity index (χ0n) is 6.72. The molecule has 1 N–H and O–H groups in total. The molecule has 2 heteroatoms. The van der Waals surface area contributed by atoms with Gasteiger partial charge in [0.2, 0.25) is 0 Å². The highest BCUT2D eigenvalue weighted by Crippen LogP contribution is 2.05. The van der Waals surface area contributed by atoms with Gasteiger partial charge in [0.25, 0.3) is 0 Å². The second-order valence-corrected chi connectivity index (χ2v) is 7.59. The largest absolute Gasteiger partial charge is 0.310 e. The lowest BCUT2D eigenvalue weighted by molar-refractivity contribution is 0.842. The van der Waals surface area contributed by atoms with E-state index in [0.29, 0.717) is 0 Å². The normalized spacial score (nSPS) is 30.2. The molecule has 1 aliphatic rings. The van der Waals surface area contributed by atoms with Gasteiger partial charge in [-0.25, -0.2) is 0 Å². The predicted octanol–water partition coefficient (Wildman–Crippen LogP) is 1.49. The number of hydrogen-bond donors (Lipinski definition) is 1. The molecule has 0 saturated heterocycles. The summed E-state index contributed by atoms with van der Waals surface area (Å²) in [4.78, 5) is 0. The molecule has 0 saturated carbocycles. The monoisotopic (exact) mass is 153 g/mol. The Morgan fingerprint density at radius 2 is 1.60 bits per heavy atom. The van der Waals surface area contributed by atoms with E-state index in [1.165, 1.54) is 0 Å². The summed E-state index contributed by atoms with van der Waals surface area (Å²) >= 11 is 0. The van der Waals surface area contributed by atoms with Crippen molar-refractivity contribution in [2.75, 3.05) is 13.1 Å². The molecule has 0 aliphatic carbocycles. The summed E-state index contributed by atoms with van der Waals surface area (Å²) in [7, 11) is -1.07. The molecule has 0 aromatic carbocycles. The fraction of sp³-hybridized carbons (Fsp3) is 0.500. The highest BCUT2D eigenvalue weighted by Gasteiger charge is 2.11. The third-order valence-corrected chi connectivity index (χ3v) is 3.81. The Bertz CT molecular complexity index is 143. The molecule has 1 nitrogen and oxygen atoms in total. The average Bonchev–Trinajstić information content (AvgIpc) is 1.81. The van der Waals surface area contributed by atoms with Crippen LogP contribution in [0.25, 0.3) is 0 Å². The van der Waals surface area contributed by atoms with Crippen molar-refractivity contribution in [2.24, 2.45) is 0 Å². The molecule has 0 unspecified atom stereocenters. The van der Waals surface area contributed by atoms with Gasteiger partial charge in [-0.1, -0.05) is 36.6 Å². The Morgan fingerprint density at radius 1 is 1.10 bits per heavy atom. The van der Waals surface area contributed by atoms with E-state index in [9.17, 15) is 0 Å². The highest BCUT2D eigenvalue weighted by molar-refractivity contribution is 6.86. The van der Waals surface area contributed by atoms with Gasteiger partial charge < -0.3 is 5.32 Å². The first-order valence-corrected chi connectivity index (χ1v) is 6.92. The molecule has 56 valence electrons. The lowest BCUT2D eigenvalue weighted by Gasteiger charge is -2.13. The minimum Gasteiger partial charge on any atom is -0.310 e. The van der Waals surface area contributed by atoms with Crippen molar-refractivity contribution in [1.82, 2.24) is 5.32 Å². The van der Waals surface area contributed by atoms with E-state index < -0.39 is 8.07 Å².